The summed E-state index contributed by atoms with van der Waals surface area (Å²) in [6.07, 6.45) is 0.431. The fourth-order valence-electron chi connectivity index (χ4n) is 1.50. The minimum Gasteiger partial charge on any atom is -0.445 e. The van der Waals surface area contributed by atoms with E-state index in [4.69, 9.17) is 19.0 Å². The molecule has 0 aromatic carbocycles. The number of hydrogen-bond donors (Lipinski definition) is 3. The minimum atomic E-state index is -4.56. The molecule has 3 N–H and O–H groups in total. The van der Waals surface area contributed by atoms with Crippen molar-refractivity contribution in [2.45, 2.75) is 12.5 Å². The van der Waals surface area contributed by atoms with Gasteiger partial charge < -0.3 is 24.3 Å². The quantitative estimate of drug-likeness (QED) is 0.325. The average Bonchev–Trinajstić information content (AvgIpc) is 2.21. The zero-order valence-electron chi connectivity index (χ0n) is 12.1. The number of ether oxygens (including phenoxy) is 1. The summed E-state index contributed by atoms with van der Waals surface area (Å²) < 4.78 is 20.8. The van der Waals surface area contributed by atoms with Gasteiger partial charge in [-0.05, 0) is 6.42 Å². The maximum absolute atomic E-state index is 11.2. The van der Waals surface area contributed by atoms with E-state index in [-0.39, 0.29) is 19.6 Å². The monoisotopic (exact) mass is 311 g/mol. The number of quaternary nitrogens is 1. The molecule has 118 valence electrons. The molecule has 1 amide bonds. The molecule has 9 heteroatoms. The molecule has 1 atom stereocenters. The average molecular weight is 311 g/mol. The van der Waals surface area contributed by atoms with Crippen molar-refractivity contribution >= 4 is 13.9 Å². The summed E-state index contributed by atoms with van der Waals surface area (Å²) in [6, 6.07) is 0. The van der Waals surface area contributed by atoms with Crippen molar-refractivity contribution in [1.82, 2.24) is 5.32 Å². The van der Waals surface area contributed by atoms with E-state index in [0.29, 0.717) is 11.0 Å². The fraction of sp³-hybridized carbons (Fsp3) is 0.727. The Morgan fingerprint density at radius 3 is 2.50 bits per heavy atom. The highest BCUT2D eigenvalue weighted by Crippen LogP contribution is 2.38. The van der Waals surface area contributed by atoms with Crippen LogP contribution in [-0.2, 0) is 13.8 Å². The maximum atomic E-state index is 11.2. The van der Waals surface area contributed by atoms with Gasteiger partial charge in [0, 0.05) is 6.54 Å². The number of carbonyl (C=O) groups excluding carboxylic acids is 1. The summed E-state index contributed by atoms with van der Waals surface area (Å²) in [5.74, 6) is 0. The van der Waals surface area contributed by atoms with Crippen LogP contribution in [0.2, 0.25) is 0 Å². The molecule has 0 spiro atoms. The lowest BCUT2D eigenvalue weighted by molar-refractivity contribution is -0.873. The number of nitrogens with zero attached hydrogens (tertiary/aromatic N) is 1. The highest BCUT2D eigenvalue weighted by atomic mass is 31.2. The summed E-state index contributed by atoms with van der Waals surface area (Å²) in [7, 11) is 1.07. The van der Waals surface area contributed by atoms with Gasteiger partial charge in [0.2, 0.25) is 0 Å². The number of carbonyl (C=O) groups is 1. The van der Waals surface area contributed by atoms with Gasteiger partial charge in [-0.25, -0.2) is 9.36 Å². The van der Waals surface area contributed by atoms with Crippen molar-refractivity contribution in [1.29, 1.82) is 0 Å². The van der Waals surface area contributed by atoms with Crippen molar-refractivity contribution in [2.24, 2.45) is 0 Å². The highest BCUT2D eigenvalue weighted by molar-refractivity contribution is 7.46. The third-order valence-corrected chi connectivity index (χ3v) is 2.68. The molecular formula is C11H24N2O6P+. The van der Waals surface area contributed by atoms with Gasteiger partial charge in [0.1, 0.15) is 19.3 Å². The van der Waals surface area contributed by atoms with Crippen LogP contribution in [0.4, 0.5) is 4.79 Å². The third-order valence-electron chi connectivity index (χ3n) is 2.11. The van der Waals surface area contributed by atoms with Crippen molar-refractivity contribution < 1.29 is 32.9 Å². The Labute approximate surface area is 119 Å². The third kappa shape index (κ3) is 12.1. The predicted molar refractivity (Wildman–Crippen MR) is 74.0 cm³/mol. The Balaban J connectivity index is 4.26. The van der Waals surface area contributed by atoms with Gasteiger partial charge >= 0.3 is 13.9 Å². The number of amides is 1. The first-order chi connectivity index (χ1) is 9.03. The molecule has 0 bridgehead atoms. The van der Waals surface area contributed by atoms with Gasteiger partial charge in [0.15, 0.2) is 0 Å². The van der Waals surface area contributed by atoms with E-state index in [0.717, 1.165) is 0 Å². The largest absolute Gasteiger partial charge is 0.470 e. The Kier molecular flexibility index (Phi) is 8.00. The number of alkyl carbamates (subject to hydrolysis) is 1. The number of phosphoric ester groups is 1. The van der Waals surface area contributed by atoms with Crippen LogP contribution in [0.5, 0.6) is 0 Å². The van der Waals surface area contributed by atoms with E-state index in [2.05, 4.69) is 11.9 Å². The molecule has 0 saturated heterocycles. The van der Waals surface area contributed by atoms with Crippen LogP contribution in [0.15, 0.2) is 12.7 Å². The number of hydrogen-bond acceptors (Lipinski definition) is 4. The Hall–Kier alpha value is -0.920. The van der Waals surface area contributed by atoms with Crippen LogP contribution in [-0.4, -0.2) is 67.3 Å². The SMILES string of the molecule is C=CCOC(=O)NCCC(C[N+](C)(C)C)OP(=O)(O)O. The molecule has 0 radical (unpaired) electrons. The first-order valence-corrected chi connectivity index (χ1v) is 7.62. The van der Waals surface area contributed by atoms with Crippen LogP contribution in [0.25, 0.3) is 0 Å². The highest BCUT2D eigenvalue weighted by Gasteiger charge is 2.26. The molecule has 0 aliphatic heterocycles. The van der Waals surface area contributed by atoms with E-state index in [1.165, 1.54) is 6.08 Å². The number of rotatable bonds is 9. The summed E-state index contributed by atoms with van der Waals surface area (Å²) in [6.45, 7) is 4.10. The normalized spacial score (nSPS) is 13.7. The summed E-state index contributed by atoms with van der Waals surface area (Å²) >= 11 is 0. The van der Waals surface area contributed by atoms with Crippen LogP contribution < -0.4 is 5.32 Å². The maximum Gasteiger partial charge on any atom is 0.470 e. The molecule has 0 saturated carbocycles. The van der Waals surface area contributed by atoms with Crippen molar-refractivity contribution in [3.8, 4) is 0 Å². The standard InChI is InChI=1S/C11H23N2O6P/c1-5-8-18-11(14)12-7-6-10(9-13(2,3)4)19-20(15,16)17/h5,10H,1,6-9H2,2-4H3,(H2-,12,14,15,16,17)/p+1. The summed E-state index contributed by atoms with van der Waals surface area (Å²) in [5, 5.41) is 2.47. The first kappa shape index (κ1) is 19.1. The van der Waals surface area contributed by atoms with E-state index >= 15 is 0 Å². The van der Waals surface area contributed by atoms with Crippen LogP contribution in [0.1, 0.15) is 6.42 Å². The molecular weight excluding hydrogens is 287 g/mol. The second kappa shape index (κ2) is 8.39. The van der Waals surface area contributed by atoms with Gasteiger partial charge in [-0.3, -0.25) is 4.52 Å². The zero-order chi connectivity index (χ0) is 15.8. The van der Waals surface area contributed by atoms with E-state index in [1.807, 2.05) is 21.1 Å². The number of phosphoric acid groups is 1. The van der Waals surface area contributed by atoms with Crippen LogP contribution in [0, 0.1) is 0 Å². The van der Waals surface area contributed by atoms with Crippen LogP contribution in [0.3, 0.4) is 0 Å². The lowest BCUT2D eigenvalue weighted by Gasteiger charge is -2.29. The molecule has 0 rings (SSSR count). The van der Waals surface area contributed by atoms with Gasteiger partial charge in [0.05, 0.1) is 21.1 Å². The van der Waals surface area contributed by atoms with Gasteiger partial charge in [-0.15, -0.1) is 0 Å². The van der Waals surface area contributed by atoms with E-state index in [1.54, 1.807) is 0 Å². The lowest BCUT2D eigenvalue weighted by Crippen LogP contribution is -2.43. The summed E-state index contributed by atoms with van der Waals surface area (Å²) in [5.41, 5.74) is 0. The van der Waals surface area contributed by atoms with Crippen molar-refractivity contribution in [3.05, 3.63) is 12.7 Å². The number of likely N-dealkylation sites (N-methyl/N-ethyl adjacent to an activating group) is 1. The smallest absolute Gasteiger partial charge is 0.445 e. The molecule has 0 aromatic rings. The fourth-order valence-corrected chi connectivity index (χ4v) is 2.06. The van der Waals surface area contributed by atoms with Gasteiger partial charge in [0.25, 0.3) is 0 Å². The Morgan fingerprint density at radius 1 is 1.45 bits per heavy atom. The number of nitrogens with one attached hydrogen (secondary N) is 1. The second-order valence-electron chi connectivity index (χ2n) is 5.29. The van der Waals surface area contributed by atoms with Gasteiger partial charge in [-0.2, -0.15) is 0 Å². The molecule has 8 nitrogen and oxygen atoms in total. The molecule has 0 fully saturated rings. The van der Waals surface area contributed by atoms with E-state index in [9.17, 15) is 9.36 Å². The Morgan fingerprint density at radius 2 is 2.05 bits per heavy atom. The van der Waals surface area contributed by atoms with Crippen molar-refractivity contribution in [3.63, 3.8) is 0 Å². The molecule has 0 aliphatic rings. The summed E-state index contributed by atoms with van der Waals surface area (Å²) in [4.78, 5) is 28.9. The lowest BCUT2D eigenvalue weighted by atomic mass is 10.2. The second-order valence-corrected chi connectivity index (χ2v) is 6.49. The molecule has 0 heterocycles. The molecule has 20 heavy (non-hydrogen) atoms. The Bertz CT molecular complexity index is 362. The molecule has 1 unspecified atom stereocenters. The minimum absolute atomic E-state index is 0.104. The van der Waals surface area contributed by atoms with Gasteiger partial charge in [-0.1, -0.05) is 12.7 Å². The topological polar surface area (TPSA) is 105 Å². The molecule has 0 aromatic heterocycles. The van der Waals surface area contributed by atoms with Crippen LogP contribution >= 0.6 is 7.82 Å². The zero-order valence-corrected chi connectivity index (χ0v) is 13.0. The predicted octanol–water partition coefficient (Wildman–Crippen LogP) is 0.473. The van der Waals surface area contributed by atoms with Crippen molar-refractivity contribution in [2.75, 3.05) is 40.8 Å². The van der Waals surface area contributed by atoms with E-state index < -0.39 is 20.0 Å². The first-order valence-electron chi connectivity index (χ1n) is 6.09. The molecule has 0 aliphatic carbocycles.